The Balaban J connectivity index is 2.06. The van der Waals surface area contributed by atoms with Gasteiger partial charge in [0, 0.05) is 23.8 Å². The Hall–Kier alpha value is -1.44. The van der Waals surface area contributed by atoms with Gasteiger partial charge in [0.15, 0.2) is 0 Å². The highest BCUT2D eigenvalue weighted by molar-refractivity contribution is 5.32. The standard InChI is InChI=1S/C15H20N2/c1-2-4-10-15(9-3-1,13-7-5-11-16-13)14-8-6-12-17-14/h5-8,11-12,16-17H,1-4,9-10H2. The smallest absolute Gasteiger partial charge is 0.0503 e. The first-order chi connectivity index (χ1) is 8.42. The molecule has 0 aliphatic heterocycles. The van der Waals surface area contributed by atoms with Crippen LogP contribution in [-0.2, 0) is 5.41 Å². The Morgan fingerprint density at radius 2 is 1.29 bits per heavy atom. The van der Waals surface area contributed by atoms with Crippen molar-refractivity contribution in [1.29, 1.82) is 0 Å². The van der Waals surface area contributed by atoms with Crippen LogP contribution in [-0.4, -0.2) is 9.97 Å². The molecule has 1 saturated carbocycles. The maximum Gasteiger partial charge on any atom is 0.0503 e. The van der Waals surface area contributed by atoms with E-state index in [1.165, 1.54) is 49.9 Å². The fraction of sp³-hybridized carbons (Fsp3) is 0.467. The summed E-state index contributed by atoms with van der Waals surface area (Å²) in [7, 11) is 0. The lowest BCUT2D eigenvalue weighted by atomic mass is 9.75. The monoisotopic (exact) mass is 228 g/mol. The Labute approximate surface area is 102 Å². The van der Waals surface area contributed by atoms with Gasteiger partial charge in [-0.05, 0) is 37.1 Å². The number of hydrogen-bond acceptors (Lipinski definition) is 0. The second-order valence-corrected chi connectivity index (χ2v) is 5.16. The van der Waals surface area contributed by atoms with Gasteiger partial charge in [-0.2, -0.15) is 0 Å². The summed E-state index contributed by atoms with van der Waals surface area (Å²) < 4.78 is 0. The molecule has 0 aromatic carbocycles. The van der Waals surface area contributed by atoms with Crippen LogP contribution < -0.4 is 0 Å². The lowest BCUT2D eigenvalue weighted by Gasteiger charge is -2.31. The van der Waals surface area contributed by atoms with Crippen molar-refractivity contribution in [3.05, 3.63) is 48.0 Å². The summed E-state index contributed by atoms with van der Waals surface area (Å²) in [5.74, 6) is 0. The second-order valence-electron chi connectivity index (χ2n) is 5.16. The summed E-state index contributed by atoms with van der Waals surface area (Å²) in [5, 5.41) is 0. The summed E-state index contributed by atoms with van der Waals surface area (Å²) >= 11 is 0. The van der Waals surface area contributed by atoms with Gasteiger partial charge >= 0.3 is 0 Å². The largest absolute Gasteiger partial charge is 0.364 e. The maximum absolute atomic E-state index is 3.44. The van der Waals surface area contributed by atoms with Gasteiger partial charge < -0.3 is 9.97 Å². The minimum atomic E-state index is 0.198. The van der Waals surface area contributed by atoms with Crippen LogP contribution in [0.15, 0.2) is 36.7 Å². The normalized spacial score (nSPS) is 20.0. The zero-order valence-corrected chi connectivity index (χ0v) is 10.2. The molecule has 1 fully saturated rings. The summed E-state index contributed by atoms with van der Waals surface area (Å²) in [6.07, 6.45) is 12.0. The third-order valence-electron chi connectivity index (χ3n) is 4.18. The molecule has 90 valence electrons. The van der Waals surface area contributed by atoms with Crippen LogP contribution in [0.3, 0.4) is 0 Å². The van der Waals surface area contributed by atoms with Crippen LogP contribution in [0.25, 0.3) is 0 Å². The molecule has 0 radical (unpaired) electrons. The first-order valence-corrected chi connectivity index (χ1v) is 6.70. The topological polar surface area (TPSA) is 31.6 Å². The third-order valence-corrected chi connectivity index (χ3v) is 4.18. The van der Waals surface area contributed by atoms with Crippen molar-refractivity contribution in [2.75, 3.05) is 0 Å². The molecule has 1 aliphatic carbocycles. The first kappa shape index (κ1) is 10.7. The van der Waals surface area contributed by atoms with Gasteiger partial charge in [-0.15, -0.1) is 0 Å². The van der Waals surface area contributed by atoms with Crippen molar-refractivity contribution < 1.29 is 0 Å². The van der Waals surface area contributed by atoms with E-state index in [0.717, 1.165) is 0 Å². The van der Waals surface area contributed by atoms with Gasteiger partial charge in [-0.1, -0.05) is 25.7 Å². The Morgan fingerprint density at radius 1 is 0.765 bits per heavy atom. The van der Waals surface area contributed by atoms with Crippen LogP contribution in [0.4, 0.5) is 0 Å². The molecule has 2 heterocycles. The van der Waals surface area contributed by atoms with E-state index >= 15 is 0 Å². The van der Waals surface area contributed by atoms with E-state index < -0.39 is 0 Å². The molecular weight excluding hydrogens is 208 g/mol. The number of rotatable bonds is 2. The van der Waals surface area contributed by atoms with Crippen molar-refractivity contribution in [3.8, 4) is 0 Å². The van der Waals surface area contributed by atoms with E-state index in [9.17, 15) is 0 Å². The van der Waals surface area contributed by atoms with Crippen molar-refractivity contribution in [2.24, 2.45) is 0 Å². The van der Waals surface area contributed by atoms with E-state index in [1.807, 2.05) is 12.4 Å². The molecule has 1 aliphatic rings. The van der Waals surface area contributed by atoms with Crippen molar-refractivity contribution in [2.45, 2.75) is 43.9 Å². The zero-order chi connectivity index (χ0) is 11.6. The molecule has 2 N–H and O–H groups in total. The minimum Gasteiger partial charge on any atom is -0.364 e. The van der Waals surface area contributed by atoms with Gasteiger partial charge in [0.1, 0.15) is 0 Å². The molecule has 3 rings (SSSR count). The molecule has 2 aromatic heterocycles. The molecule has 0 spiro atoms. The molecule has 0 amide bonds. The number of aromatic nitrogens is 2. The predicted octanol–water partition coefficient (Wildman–Crippen LogP) is 3.98. The molecule has 0 bridgehead atoms. The van der Waals surface area contributed by atoms with Crippen LogP contribution >= 0.6 is 0 Å². The van der Waals surface area contributed by atoms with Crippen molar-refractivity contribution in [1.82, 2.24) is 9.97 Å². The highest BCUT2D eigenvalue weighted by atomic mass is 14.8. The fourth-order valence-corrected chi connectivity index (χ4v) is 3.27. The Bertz CT molecular complexity index is 395. The average molecular weight is 228 g/mol. The summed E-state index contributed by atoms with van der Waals surface area (Å²) in [6.45, 7) is 0. The van der Waals surface area contributed by atoms with Gasteiger partial charge in [0.2, 0.25) is 0 Å². The van der Waals surface area contributed by atoms with Crippen molar-refractivity contribution >= 4 is 0 Å². The van der Waals surface area contributed by atoms with Crippen LogP contribution in [0.1, 0.15) is 49.9 Å². The molecular formula is C15H20N2. The van der Waals surface area contributed by atoms with Gasteiger partial charge in [0.05, 0.1) is 5.41 Å². The highest BCUT2D eigenvalue weighted by Crippen LogP contribution is 2.42. The number of nitrogens with one attached hydrogen (secondary N) is 2. The predicted molar refractivity (Wildman–Crippen MR) is 70.1 cm³/mol. The lowest BCUT2D eigenvalue weighted by molar-refractivity contribution is 0.426. The van der Waals surface area contributed by atoms with Gasteiger partial charge in [-0.3, -0.25) is 0 Å². The first-order valence-electron chi connectivity index (χ1n) is 6.70. The number of H-pyrrole nitrogens is 2. The maximum atomic E-state index is 3.44. The fourth-order valence-electron chi connectivity index (χ4n) is 3.27. The van der Waals surface area contributed by atoms with Gasteiger partial charge in [0.25, 0.3) is 0 Å². The number of aromatic amines is 2. The molecule has 17 heavy (non-hydrogen) atoms. The quantitative estimate of drug-likeness (QED) is 0.729. The number of hydrogen-bond donors (Lipinski definition) is 2. The van der Waals surface area contributed by atoms with E-state index in [0.29, 0.717) is 0 Å². The molecule has 2 nitrogen and oxygen atoms in total. The zero-order valence-electron chi connectivity index (χ0n) is 10.2. The van der Waals surface area contributed by atoms with Crippen LogP contribution in [0.2, 0.25) is 0 Å². The molecule has 0 unspecified atom stereocenters. The van der Waals surface area contributed by atoms with E-state index in [4.69, 9.17) is 0 Å². The van der Waals surface area contributed by atoms with Crippen molar-refractivity contribution in [3.63, 3.8) is 0 Å². The van der Waals surface area contributed by atoms with Gasteiger partial charge in [-0.25, -0.2) is 0 Å². The van der Waals surface area contributed by atoms with E-state index in [2.05, 4.69) is 34.2 Å². The SMILES string of the molecule is c1c[nH]c(C2(c3ccc[nH]3)CCCCCC2)c1. The Morgan fingerprint density at radius 3 is 1.71 bits per heavy atom. The minimum absolute atomic E-state index is 0.198. The second kappa shape index (κ2) is 4.44. The Kier molecular flexibility index (Phi) is 2.79. The highest BCUT2D eigenvalue weighted by Gasteiger charge is 2.36. The van der Waals surface area contributed by atoms with E-state index in [-0.39, 0.29) is 5.41 Å². The van der Waals surface area contributed by atoms with E-state index in [1.54, 1.807) is 0 Å². The lowest BCUT2D eigenvalue weighted by Crippen LogP contribution is -2.28. The molecule has 2 heteroatoms. The van der Waals surface area contributed by atoms with Crippen LogP contribution in [0.5, 0.6) is 0 Å². The third kappa shape index (κ3) is 1.82. The summed E-state index contributed by atoms with van der Waals surface area (Å²) in [6, 6.07) is 8.72. The molecule has 2 aromatic rings. The van der Waals surface area contributed by atoms with Crippen LogP contribution in [0, 0.1) is 0 Å². The molecule has 0 atom stereocenters. The average Bonchev–Trinajstić information content (AvgIpc) is 3.00. The summed E-state index contributed by atoms with van der Waals surface area (Å²) in [5.41, 5.74) is 2.95. The summed E-state index contributed by atoms with van der Waals surface area (Å²) in [4.78, 5) is 6.89. The molecule has 0 saturated heterocycles.